The highest BCUT2D eigenvalue weighted by Crippen LogP contribution is 2.19. The molecule has 2 aromatic rings. The first kappa shape index (κ1) is 14.9. The molecule has 1 aromatic heterocycles. The minimum absolute atomic E-state index is 0.188. The maximum absolute atomic E-state index is 12.2. The number of ether oxygens (including phenoxy) is 1. The number of nitrogens with one attached hydrogen (secondary N) is 1. The molecular weight excluding hydrogens is 268 g/mol. The van der Waals surface area contributed by atoms with E-state index in [0.29, 0.717) is 30.2 Å². The van der Waals surface area contributed by atoms with E-state index in [1.165, 1.54) is 0 Å². The van der Waals surface area contributed by atoms with Crippen molar-refractivity contribution >= 4 is 11.6 Å². The molecule has 0 atom stereocenters. The van der Waals surface area contributed by atoms with Gasteiger partial charge in [0.15, 0.2) is 0 Å². The zero-order chi connectivity index (χ0) is 15.4. The van der Waals surface area contributed by atoms with Crippen molar-refractivity contribution in [1.29, 1.82) is 0 Å². The first-order valence-corrected chi connectivity index (χ1v) is 6.80. The third kappa shape index (κ3) is 3.53. The molecule has 0 unspecified atom stereocenters. The minimum atomic E-state index is -0.188. The smallest absolute Gasteiger partial charge is 0.251 e. The fourth-order valence-electron chi connectivity index (χ4n) is 2.00. The summed E-state index contributed by atoms with van der Waals surface area (Å²) >= 11 is 0. The molecule has 112 valence electrons. The van der Waals surface area contributed by atoms with Crippen LogP contribution in [0, 0.1) is 6.92 Å². The fourth-order valence-corrected chi connectivity index (χ4v) is 2.00. The van der Waals surface area contributed by atoms with Crippen LogP contribution in [0.5, 0.6) is 5.75 Å². The van der Waals surface area contributed by atoms with E-state index >= 15 is 0 Å². The molecule has 1 amide bonds. The van der Waals surface area contributed by atoms with Gasteiger partial charge in [0.05, 0.1) is 12.8 Å². The molecule has 21 heavy (non-hydrogen) atoms. The van der Waals surface area contributed by atoms with E-state index in [4.69, 9.17) is 10.5 Å². The van der Waals surface area contributed by atoms with Crippen LogP contribution in [0.1, 0.15) is 28.5 Å². The average molecular weight is 288 g/mol. The minimum Gasteiger partial charge on any atom is -0.494 e. The molecule has 0 saturated heterocycles. The zero-order valence-corrected chi connectivity index (χ0v) is 12.5. The number of nitrogens with two attached hydrogens (primary N) is 1. The number of carbonyl (C=O) groups excluding carboxylic acids is 1. The zero-order valence-electron chi connectivity index (χ0n) is 12.5. The number of amides is 1. The first-order valence-electron chi connectivity index (χ1n) is 6.80. The highest BCUT2D eigenvalue weighted by molar-refractivity contribution is 5.95. The second-order valence-corrected chi connectivity index (χ2v) is 4.79. The Labute approximate surface area is 123 Å². The SMILES string of the molecule is CCOc1cc(N)cc(C(=O)NCc2cnn(C)c2C)c1. The predicted molar refractivity (Wildman–Crippen MR) is 81.1 cm³/mol. The Morgan fingerprint density at radius 1 is 1.43 bits per heavy atom. The number of carbonyl (C=O) groups is 1. The standard InChI is InChI=1S/C15H20N4O2/c1-4-21-14-6-11(5-13(16)7-14)15(20)17-8-12-9-18-19(3)10(12)2/h5-7,9H,4,8,16H2,1-3H3,(H,17,20). The van der Waals surface area contributed by atoms with Crippen LogP contribution in [0.25, 0.3) is 0 Å². The summed E-state index contributed by atoms with van der Waals surface area (Å²) in [5, 5.41) is 7.01. The van der Waals surface area contributed by atoms with E-state index in [9.17, 15) is 4.79 Å². The largest absolute Gasteiger partial charge is 0.494 e. The van der Waals surface area contributed by atoms with Crippen LogP contribution in [0.3, 0.4) is 0 Å². The lowest BCUT2D eigenvalue weighted by atomic mass is 10.1. The molecule has 0 aliphatic heterocycles. The molecule has 0 fully saturated rings. The molecule has 1 aromatic carbocycles. The molecule has 0 radical (unpaired) electrons. The molecule has 0 aliphatic carbocycles. The van der Waals surface area contributed by atoms with E-state index < -0.39 is 0 Å². The van der Waals surface area contributed by atoms with Gasteiger partial charge >= 0.3 is 0 Å². The number of aromatic nitrogens is 2. The summed E-state index contributed by atoms with van der Waals surface area (Å²) in [4.78, 5) is 12.2. The Hall–Kier alpha value is -2.50. The highest BCUT2D eigenvalue weighted by Gasteiger charge is 2.10. The summed E-state index contributed by atoms with van der Waals surface area (Å²) in [6.45, 7) is 4.80. The van der Waals surface area contributed by atoms with Crippen molar-refractivity contribution in [2.75, 3.05) is 12.3 Å². The average Bonchev–Trinajstić information content (AvgIpc) is 2.76. The van der Waals surface area contributed by atoms with E-state index in [1.807, 2.05) is 20.9 Å². The quantitative estimate of drug-likeness (QED) is 0.819. The van der Waals surface area contributed by atoms with Gasteiger partial charge in [0.2, 0.25) is 0 Å². The normalized spacial score (nSPS) is 10.4. The van der Waals surface area contributed by atoms with Crippen LogP contribution in [-0.2, 0) is 13.6 Å². The van der Waals surface area contributed by atoms with Crippen molar-refractivity contribution < 1.29 is 9.53 Å². The van der Waals surface area contributed by atoms with Crippen LogP contribution >= 0.6 is 0 Å². The number of aryl methyl sites for hydroxylation is 1. The maximum atomic E-state index is 12.2. The van der Waals surface area contributed by atoms with Crippen molar-refractivity contribution in [1.82, 2.24) is 15.1 Å². The number of hydrogen-bond acceptors (Lipinski definition) is 4. The Bertz CT molecular complexity index is 649. The van der Waals surface area contributed by atoms with Crippen molar-refractivity contribution in [2.45, 2.75) is 20.4 Å². The van der Waals surface area contributed by atoms with Gasteiger partial charge in [0.1, 0.15) is 5.75 Å². The van der Waals surface area contributed by atoms with Gasteiger partial charge in [0.25, 0.3) is 5.91 Å². The van der Waals surface area contributed by atoms with Gasteiger partial charge in [-0.3, -0.25) is 9.48 Å². The second kappa shape index (κ2) is 6.30. The van der Waals surface area contributed by atoms with Gasteiger partial charge in [-0.15, -0.1) is 0 Å². The number of nitrogen functional groups attached to an aromatic ring is 1. The van der Waals surface area contributed by atoms with Crippen LogP contribution in [-0.4, -0.2) is 22.3 Å². The maximum Gasteiger partial charge on any atom is 0.251 e. The summed E-state index contributed by atoms with van der Waals surface area (Å²) in [6, 6.07) is 5.02. The summed E-state index contributed by atoms with van der Waals surface area (Å²) in [7, 11) is 1.87. The van der Waals surface area contributed by atoms with Gasteiger partial charge in [-0.1, -0.05) is 0 Å². The third-order valence-corrected chi connectivity index (χ3v) is 3.28. The lowest BCUT2D eigenvalue weighted by Crippen LogP contribution is -2.23. The lowest BCUT2D eigenvalue weighted by Gasteiger charge is -2.09. The second-order valence-electron chi connectivity index (χ2n) is 4.79. The number of rotatable bonds is 5. The Morgan fingerprint density at radius 2 is 2.19 bits per heavy atom. The Morgan fingerprint density at radius 3 is 2.81 bits per heavy atom. The molecule has 2 rings (SSSR count). The summed E-state index contributed by atoms with van der Waals surface area (Å²) in [5.74, 6) is 0.409. The molecule has 0 spiro atoms. The number of nitrogens with zero attached hydrogens (tertiary/aromatic N) is 2. The van der Waals surface area contributed by atoms with E-state index in [-0.39, 0.29) is 5.91 Å². The van der Waals surface area contributed by atoms with Gasteiger partial charge in [-0.2, -0.15) is 5.10 Å². The van der Waals surface area contributed by atoms with Crippen molar-refractivity contribution in [3.63, 3.8) is 0 Å². The monoisotopic (exact) mass is 288 g/mol. The van der Waals surface area contributed by atoms with Crippen LogP contribution in [0.15, 0.2) is 24.4 Å². The molecular formula is C15H20N4O2. The lowest BCUT2D eigenvalue weighted by molar-refractivity contribution is 0.0950. The van der Waals surface area contributed by atoms with Crippen molar-refractivity contribution in [3.05, 3.63) is 41.2 Å². The topological polar surface area (TPSA) is 82.2 Å². The van der Waals surface area contributed by atoms with E-state index in [0.717, 1.165) is 11.3 Å². The fraction of sp³-hybridized carbons (Fsp3) is 0.333. The molecule has 6 nitrogen and oxygen atoms in total. The number of benzene rings is 1. The molecule has 0 bridgehead atoms. The summed E-state index contributed by atoms with van der Waals surface area (Å²) < 4.78 is 7.16. The predicted octanol–water partition coefficient (Wildman–Crippen LogP) is 1.64. The molecule has 3 N–H and O–H groups in total. The van der Waals surface area contributed by atoms with Crippen LogP contribution < -0.4 is 15.8 Å². The molecule has 0 aliphatic rings. The van der Waals surface area contributed by atoms with E-state index in [2.05, 4.69) is 10.4 Å². The third-order valence-electron chi connectivity index (χ3n) is 3.28. The molecule has 0 saturated carbocycles. The van der Waals surface area contributed by atoms with Gasteiger partial charge in [0, 0.05) is 42.2 Å². The van der Waals surface area contributed by atoms with Crippen molar-refractivity contribution in [2.24, 2.45) is 7.05 Å². The molecule has 6 heteroatoms. The summed E-state index contributed by atoms with van der Waals surface area (Å²) in [6.07, 6.45) is 1.75. The Balaban J connectivity index is 2.08. The van der Waals surface area contributed by atoms with Gasteiger partial charge in [-0.05, 0) is 26.0 Å². The number of hydrogen-bond donors (Lipinski definition) is 2. The van der Waals surface area contributed by atoms with Gasteiger partial charge in [-0.25, -0.2) is 0 Å². The van der Waals surface area contributed by atoms with Crippen molar-refractivity contribution in [3.8, 4) is 5.75 Å². The van der Waals surface area contributed by atoms with E-state index in [1.54, 1.807) is 29.1 Å². The highest BCUT2D eigenvalue weighted by atomic mass is 16.5. The van der Waals surface area contributed by atoms with Gasteiger partial charge < -0.3 is 15.8 Å². The molecule has 1 heterocycles. The van der Waals surface area contributed by atoms with Crippen LogP contribution in [0.2, 0.25) is 0 Å². The number of anilines is 1. The van der Waals surface area contributed by atoms with Crippen LogP contribution in [0.4, 0.5) is 5.69 Å². The first-order chi connectivity index (χ1) is 10.0. The Kier molecular flexibility index (Phi) is 4.47. The summed E-state index contributed by atoms with van der Waals surface area (Å²) in [5.41, 5.74) is 8.79.